The average molecular weight is 278 g/mol. The van der Waals surface area contributed by atoms with E-state index < -0.39 is 0 Å². The molecule has 0 amide bonds. The van der Waals surface area contributed by atoms with Crippen molar-refractivity contribution in [2.45, 2.75) is 19.6 Å². The first kappa shape index (κ1) is 13.8. The molecule has 2 heterocycles. The average Bonchev–Trinajstić information content (AvgIpc) is 2.92. The SMILES string of the molecule is CNc1cc(NC(C)c2cccs2)nc(COC)n1. The number of aromatic nitrogens is 2. The highest BCUT2D eigenvalue weighted by Gasteiger charge is 2.09. The second-order valence-electron chi connectivity index (χ2n) is 4.12. The first-order chi connectivity index (χ1) is 9.22. The van der Waals surface area contributed by atoms with Gasteiger partial charge in [-0.15, -0.1) is 11.3 Å². The Labute approximate surface area is 117 Å². The van der Waals surface area contributed by atoms with Crippen LogP contribution in [0.4, 0.5) is 11.6 Å². The molecule has 0 aromatic carbocycles. The number of nitrogens with zero attached hydrogens (tertiary/aromatic N) is 2. The molecule has 0 spiro atoms. The van der Waals surface area contributed by atoms with Gasteiger partial charge in [0.2, 0.25) is 0 Å². The lowest BCUT2D eigenvalue weighted by Gasteiger charge is -2.14. The number of thiophene rings is 1. The van der Waals surface area contributed by atoms with Crippen LogP contribution in [-0.2, 0) is 11.3 Å². The van der Waals surface area contributed by atoms with Crippen LogP contribution in [0, 0.1) is 0 Å². The quantitative estimate of drug-likeness (QED) is 0.851. The minimum atomic E-state index is 0.218. The van der Waals surface area contributed by atoms with E-state index in [0.717, 1.165) is 11.6 Å². The van der Waals surface area contributed by atoms with Crippen molar-refractivity contribution in [3.8, 4) is 0 Å². The maximum Gasteiger partial charge on any atom is 0.158 e. The zero-order valence-electron chi connectivity index (χ0n) is 11.3. The fourth-order valence-electron chi connectivity index (χ4n) is 1.72. The molecule has 0 aliphatic heterocycles. The molecule has 102 valence electrons. The summed E-state index contributed by atoms with van der Waals surface area (Å²) < 4.78 is 5.08. The number of hydrogen-bond acceptors (Lipinski definition) is 6. The van der Waals surface area contributed by atoms with Crippen LogP contribution < -0.4 is 10.6 Å². The van der Waals surface area contributed by atoms with Crippen LogP contribution in [0.25, 0.3) is 0 Å². The standard InChI is InChI=1S/C13H18N4OS/c1-9(10-5-4-6-19-10)15-12-7-11(14-2)16-13(17-12)8-18-3/h4-7,9H,8H2,1-3H3,(H2,14,15,16,17). The Bertz CT molecular complexity index is 515. The number of rotatable bonds is 6. The fraction of sp³-hybridized carbons (Fsp3) is 0.385. The minimum absolute atomic E-state index is 0.218. The number of nitrogens with one attached hydrogen (secondary N) is 2. The first-order valence-electron chi connectivity index (χ1n) is 6.07. The van der Waals surface area contributed by atoms with Crippen LogP contribution in [0.3, 0.4) is 0 Å². The van der Waals surface area contributed by atoms with Crippen molar-refractivity contribution in [2.24, 2.45) is 0 Å². The maximum atomic E-state index is 5.08. The zero-order chi connectivity index (χ0) is 13.7. The van der Waals surface area contributed by atoms with Crippen LogP contribution in [0.15, 0.2) is 23.6 Å². The van der Waals surface area contributed by atoms with Gasteiger partial charge in [-0.3, -0.25) is 0 Å². The molecule has 0 saturated carbocycles. The summed E-state index contributed by atoms with van der Waals surface area (Å²) >= 11 is 1.73. The normalized spacial score (nSPS) is 12.2. The zero-order valence-corrected chi connectivity index (χ0v) is 12.1. The second-order valence-corrected chi connectivity index (χ2v) is 5.10. The molecular formula is C13H18N4OS. The van der Waals surface area contributed by atoms with Crippen molar-refractivity contribution < 1.29 is 4.74 Å². The van der Waals surface area contributed by atoms with Gasteiger partial charge in [0, 0.05) is 25.1 Å². The monoisotopic (exact) mass is 278 g/mol. The van der Waals surface area contributed by atoms with Crippen molar-refractivity contribution >= 4 is 23.0 Å². The van der Waals surface area contributed by atoms with Crippen molar-refractivity contribution in [2.75, 3.05) is 24.8 Å². The van der Waals surface area contributed by atoms with Gasteiger partial charge in [0.1, 0.15) is 18.2 Å². The molecule has 5 nitrogen and oxygen atoms in total. The van der Waals surface area contributed by atoms with Gasteiger partial charge >= 0.3 is 0 Å². The predicted octanol–water partition coefficient (Wildman–Crippen LogP) is 2.90. The largest absolute Gasteiger partial charge is 0.377 e. The summed E-state index contributed by atoms with van der Waals surface area (Å²) in [6.07, 6.45) is 0. The highest BCUT2D eigenvalue weighted by Crippen LogP contribution is 2.23. The highest BCUT2D eigenvalue weighted by atomic mass is 32.1. The van der Waals surface area contributed by atoms with Crippen LogP contribution in [0.2, 0.25) is 0 Å². The van der Waals surface area contributed by atoms with Gasteiger partial charge in [0.25, 0.3) is 0 Å². The maximum absolute atomic E-state index is 5.08. The molecule has 0 aliphatic carbocycles. The lowest BCUT2D eigenvalue weighted by atomic mass is 10.3. The Hall–Kier alpha value is -1.66. The van der Waals surface area contributed by atoms with Crippen LogP contribution in [0.1, 0.15) is 23.7 Å². The molecule has 6 heteroatoms. The number of anilines is 2. The molecular weight excluding hydrogens is 260 g/mol. The molecule has 1 atom stereocenters. The van der Waals surface area contributed by atoms with Crippen LogP contribution >= 0.6 is 11.3 Å². The Balaban J connectivity index is 2.16. The molecule has 2 aromatic rings. The molecule has 1 unspecified atom stereocenters. The molecule has 0 fully saturated rings. The first-order valence-corrected chi connectivity index (χ1v) is 6.95. The number of ether oxygens (including phenoxy) is 1. The summed E-state index contributed by atoms with van der Waals surface area (Å²) in [7, 11) is 3.47. The Morgan fingerprint density at radius 1 is 1.37 bits per heavy atom. The third-order valence-corrected chi connectivity index (χ3v) is 3.69. The highest BCUT2D eigenvalue weighted by molar-refractivity contribution is 7.10. The van der Waals surface area contributed by atoms with E-state index in [2.05, 4.69) is 39.0 Å². The third kappa shape index (κ3) is 3.65. The van der Waals surface area contributed by atoms with Gasteiger partial charge in [0.05, 0.1) is 6.04 Å². The number of methoxy groups -OCH3 is 1. The van der Waals surface area contributed by atoms with E-state index in [-0.39, 0.29) is 6.04 Å². The Morgan fingerprint density at radius 2 is 2.16 bits per heavy atom. The summed E-state index contributed by atoms with van der Waals surface area (Å²) in [4.78, 5) is 10.0. The molecule has 2 N–H and O–H groups in total. The van der Waals surface area contributed by atoms with Gasteiger partial charge in [-0.05, 0) is 18.4 Å². The van der Waals surface area contributed by atoms with Crippen LogP contribution in [0.5, 0.6) is 0 Å². The van der Waals surface area contributed by atoms with E-state index in [1.165, 1.54) is 4.88 Å². The fourth-order valence-corrected chi connectivity index (χ4v) is 2.46. The Kier molecular flexibility index (Phi) is 4.70. The molecule has 0 saturated heterocycles. The smallest absolute Gasteiger partial charge is 0.158 e. The van der Waals surface area contributed by atoms with Gasteiger partial charge < -0.3 is 15.4 Å². The molecule has 2 aromatic heterocycles. The molecule has 0 aliphatic rings. The van der Waals surface area contributed by atoms with E-state index in [4.69, 9.17) is 4.74 Å². The molecule has 19 heavy (non-hydrogen) atoms. The summed E-state index contributed by atoms with van der Waals surface area (Å²) in [5.41, 5.74) is 0. The summed E-state index contributed by atoms with van der Waals surface area (Å²) in [5.74, 6) is 2.24. The van der Waals surface area contributed by atoms with Crippen molar-refractivity contribution in [1.82, 2.24) is 9.97 Å². The minimum Gasteiger partial charge on any atom is -0.377 e. The topological polar surface area (TPSA) is 59.1 Å². The van der Waals surface area contributed by atoms with Crippen LogP contribution in [-0.4, -0.2) is 24.1 Å². The third-order valence-electron chi connectivity index (χ3n) is 2.64. The van der Waals surface area contributed by atoms with E-state index in [1.54, 1.807) is 18.4 Å². The lowest BCUT2D eigenvalue weighted by Crippen LogP contribution is -2.10. The molecule has 0 radical (unpaired) electrons. The van der Waals surface area contributed by atoms with E-state index in [9.17, 15) is 0 Å². The Morgan fingerprint density at radius 3 is 2.79 bits per heavy atom. The summed E-state index contributed by atoms with van der Waals surface area (Å²) in [5, 5.41) is 8.48. The van der Waals surface area contributed by atoms with Crippen molar-refractivity contribution in [1.29, 1.82) is 0 Å². The summed E-state index contributed by atoms with van der Waals surface area (Å²) in [6.45, 7) is 2.51. The van der Waals surface area contributed by atoms with E-state index in [1.807, 2.05) is 19.2 Å². The van der Waals surface area contributed by atoms with Crippen molar-refractivity contribution in [3.63, 3.8) is 0 Å². The van der Waals surface area contributed by atoms with Crippen molar-refractivity contribution in [3.05, 3.63) is 34.3 Å². The van der Waals surface area contributed by atoms with Gasteiger partial charge in [-0.2, -0.15) is 0 Å². The summed E-state index contributed by atoms with van der Waals surface area (Å²) in [6, 6.07) is 6.27. The van der Waals surface area contributed by atoms with Gasteiger partial charge in [0.15, 0.2) is 5.82 Å². The van der Waals surface area contributed by atoms with Gasteiger partial charge in [-0.25, -0.2) is 9.97 Å². The molecule has 2 rings (SSSR count). The second kappa shape index (κ2) is 6.49. The lowest BCUT2D eigenvalue weighted by molar-refractivity contribution is 0.178. The number of hydrogen-bond donors (Lipinski definition) is 2. The molecule has 0 bridgehead atoms. The van der Waals surface area contributed by atoms with Gasteiger partial charge in [-0.1, -0.05) is 6.07 Å². The predicted molar refractivity (Wildman–Crippen MR) is 78.6 cm³/mol. The van der Waals surface area contributed by atoms with E-state index >= 15 is 0 Å². The van der Waals surface area contributed by atoms with E-state index in [0.29, 0.717) is 12.4 Å².